The first-order chi connectivity index (χ1) is 6.31. The predicted molar refractivity (Wildman–Crippen MR) is 63.6 cm³/mol. The average molecular weight is 216 g/mol. The van der Waals surface area contributed by atoms with Gasteiger partial charge in [-0.3, -0.25) is 0 Å². The highest BCUT2D eigenvalue weighted by atomic mass is 28.4. The Balaban J connectivity index is 4.44. The van der Waals surface area contributed by atoms with Crippen LogP contribution in [-0.4, -0.2) is 19.5 Å². The Hall–Kier alpha value is -0.283. The van der Waals surface area contributed by atoms with Crippen LogP contribution in [0.25, 0.3) is 0 Å². The zero-order chi connectivity index (χ0) is 11.4. The summed E-state index contributed by atoms with van der Waals surface area (Å²) in [5.74, 6) is 1.05. The third kappa shape index (κ3) is 4.82. The Bertz CT molecular complexity index is 194. The average Bonchev–Trinajstić information content (AvgIpc) is 2.10. The van der Waals surface area contributed by atoms with Gasteiger partial charge in [0.15, 0.2) is 0 Å². The molecule has 3 heteroatoms. The van der Waals surface area contributed by atoms with E-state index in [4.69, 9.17) is 4.43 Å². The van der Waals surface area contributed by atoms with E-state index in [-0.39, 0.29) is 12.0 Å². The lowest BCUT2D eigenvalue weighted by Gasteiger charge is -2.27. The van der Waals surface area contributed by atoms with Crippen molar-refractivity contribution >= 4 is 8.32 Å². The standard InChI is InChI=1S/C11H24O2Si/c1-7-10(12)9(3)11(8-2)13-14(4,5)6/h8-10,12H,7H2,1-6H3/b11-8+/t9-,10+/m0/s1. The smallest absolute Gasteiger partial charge is 0.241 e. The molecule has 1 N–H and O–H groups in total. The summed E-state index contributed by atoms with van der Waals surface area (Å²) < 4.78 is 5.91. The number of rotatable bonds is 5. The zero-order valence-electron chi connectivity index (χ0n) is 10.3. The molecule has 0 aromatic heterocycles. The Kier molecular flexibility index (Phi) is 5.45. The quantitative estimate of drug-likeness (QED) is 0.565. The summed E-state index contributed by atoms with van der Waals surface area (Å²) >= 11 is 0. The molecule has 2 atom stereocenters. The van der Waals surface area contributed by atoms with Crippen molar-refractivity contribution < 1.29 is 9.53 Å². The molecule has 0 aromatic carbocycles. The van der Waals surface area contributed by atoms with Crippen LogP contribution in [0.1, 0.15) is 27.2 Å². The van der Waals surface area contributed by atoms with Gasteiger partial charge in [0.1, 0.15) is 0 Å². The molecule has 0 amide bonds. The monoisotopic (exact) mass is 216 g/mol. The van der Waals surface area contributed by atoms with E-state index in [0.29, 0.717) is 0 Å². The second-order valence-electron chi connectivity index (χ2n) is 4.67. The van der Waals surface area contributed by atoms with Crippen molar-refractivity contribution in [1.82, 2.24) is 0 Å². The maximum Gasteiger partial charge on any atom is 0.241 e. The van der Waals surface area contributed by atoms with Gasteiger partial charge in [0, 0.05) is 5.92 Å². The van der Waals surface area contributed by atoms with Gasteiger partial charge in [0.2, 0.25) is 8.32 Å². The fraction of sp³-hybridized carbons (Fsp3) is 0.818. The largest absolute Gasteiger partial charge is 0.547 e. The molecule has 2 nitrogen and oxygen atoms in total. The fourth-order valence-corrected chi connectivity index (χ4v) is 2.32. The van der Waals surface area contributed by atoms with Crippen molar-refractivity contribution in [2.45, 2.75) is 52.9 Å². The van der Waals surface area contributed by atoms with Gasteiger partial charge >= 0.3 is 0 Å². The Morgan fingerprint density at radius 3 is 2.21 bits per heavy atom. The van der Waals surface area contributed by atoms with Gasteiger partial charge in [-0.25, -0.2) is 0 Å². The molecule has 0 spiro atoms. The first-order valence-electron chi connectivity index (χ1n) is 5.35. The van der Waals surface area contributed by atoms with Crippen LogP contribution in [0.5, 0.6) is 0 Å². The summed E-state index contributed by atoms with van der Waals surface area (Å²) in [5.41, 5.74) is 0. The summed E-state index contributed by atoms with van der Waals surface area (Å²) in [6.07, 6.45) is 2.45. The SMILES string of the molecule is C/C=C(/O[Si](C)(C)C)[C@@H](C)[C@H](O)CC. The molecule has 0 rings (SSSR count). The second-order valence-corrected chi connectivity index (χ2v) is 9.10. The Morgan fingerprint density at radius 2 is 1.93 bits per heavy atom. The highest BCUT2D eigenvalue weighted by Gasteiger charge is 2.23. The van der Waals surface area contributed by atoms with Crippen LogP contribution < -0.4 is 0 Å². The van der Waals surface area contributed by atoms with E-state index in [1.807, 2.05) is 26.8 Å². The van der Waals surface area contributed by atoms with Crippen molar-refractivity contribution in [2.75, 3.05) is 0 Å². The van der Waals surface area contributed by atoms with E-state index in [9.17, 15) is 5.11 Å². The third-order valence-corrected chi connectivity index (χ3v) is 3.00. The van der Waals surface area contributed by atoms with Crippen molar-refractivity contribution in [3.63, 3.8) is 0 Å². The summed E-state index contributed by atoms with van der Waals surface area (Å²) in [6.45, 7) is 12.4. The first kappa shape index (κ1) is 13.7. The molecule has 0 aliphatic carbocycles. The molecule has 0 aliphatic heterocycles. The van der Waals surface area contributed by atoms with E-state index in [0.717, 1.165) is 12.2 Å². The summed E-state index contributed by atoms with van der Waals surface area (Å²) in [5, 5.41) is 9.72. The number of aliphatic hydroxyl groups is 1. The lowest BCUT2D eigenvalue weighted by Crippen LogP contribution is -2.30. The maximum atomic E-state index is 9.72. The minimum Gasteiger partial charge on any atom is -0.547 e. The summed E-state index contributed by atoms with van der Waals surface area (Å²) in [6, 6.07) is 0. The Morgan fingerprint density at radius 1 is 1.43 bits per heavy atom. The van der Waals surface area contributed by atoms with Crippen LogP contribution in [0, 0.1) is 5.92 Å². The minimum atomic E-state index is -1.54. The van der Waals surface area contributed by atoms with Crippen LogP contribution in [-0.2, 0) is 4.43 Å². The lowest BCUT2D eigenvalue weighted by molar-refractivity contribution is 0.109. The van der Waals surface area contributed by atoms with Gasteiger partial charge < -0.3 is 9.53 Å². The number of aliphatic hydroxyl groups excluding tert-OH is 1. The van der Waals surface area contributed by atoms with Crippen LogP contribution in [0.3, 0.4) is 0 Å². The number of hydrogen-bond acceptors (Lipinski definition) is 2. The van der Waals surface area contributed by atoms with E-state index in [1.165, 1.54) is 0 Å². The van der Waals surface area contributed by atoms with Crippen LogP contribution >= 0.6 is 0 Å². The molecule has 0 radical (unpaired) electrons. The number of hydrogen-bond donors (Lipinski definition) is 1. The van der Waals surface area contributed by atoms with Crippen molar-refractivity contribution in [1.29, 1.82) is 0 Å². The van der Waals surface area contributed by atoms with E-state index < -0.39 is 8.32 Å². The molecule has 14 heavy (non-hydrogen) atoms. The maximum absolute atomic E-state index is 9.72. The molecule has 84 valence electrons. The van der Waals surface area contributed by atoms with Gasteiger partial charge in [-0.15, -0.1) is 0 Å². The molecule has 0 aliphatic rings. The molecule has 0 heterocycles. The fourth-order valence-electron chi connectivity index (χ4n) is 1.31. The molecule has 0 saturated heterocycles. The number of allylic oxidation sites excluding steroid dienone is 1. The molecule has 0 bridgehead atoms. The van der Waals surface area contributed by atoms with E-state index >= 15 is 0 Å². The molecular formula is C11H24O2Si. The highest BCUT2D eigenvalue weighted by molar-refractivity contribution is 6.70. The molecule has 0 aromatic rings. The van der Waals surface area contributed by atoms with Crippen molar-refractivity contribution in [3.05, 3.63) is 11.8 Å². The first-order valence-corrected chi connectivity index (χ1v) is 8.76. The third-order valence-electron chi connectivity index (χ3n) is 2.15. The molecule has 0 unspecified atom stereocenters. The predicted octanol–water partition coefficient (Wildman–Crippen LogP) is 3.15. The minimum absolute atomic E-state index is 0.108. The Labute approximate surface area is 89.1 Å². The molecule has 0 saturated carbocycles. The summed E-state index contributed by atoms with van der Waals surface area (Å²) in [4.78, 5) is 0. The zero-order valence-corrected chi connectivity index (χ0v) is 11.3. The highest BCUT2D eigenvalue weighted by Crippen LogP contribution is 2.22. The van der Waals surface area contributed by atoms with Gasteiger partial charge in [0.05, 0.1) is 11.9 Å². The van der Waals surface area contributed by atoms with Crippen molar-refractivity contribution in [2.24, 2.45) is 5.92 Å². The van der Waals surface area contributed by atoms with Crippen LogP contribution in [0.15, 0.2) is 11.8 Å². The second kappa shape index (κ2) is 5.56. The van der Waals surface area contributed by atoms with E-state index in [1.54, 1.807) is 0 Å². The van der Waals surface area contributed by atoms with Gasteiger partial charge in [-0.2, -0.15) is 0 Å². The molecular weight excluding hydrogens is 192 g/mol. The van der Waals surface area contributed by atoms with Gasteiger partial charge in [-0.05, 0) is 33.0 Å². The van der Waals surface area contributed by atoms with E-state index in [2.05, 4.69) is 19.6 Å². The van der Waals surface area contributed by atoms with Crippen molar-refractivity contribution in [3.8, 4) is 0 Å². The van der Waals surface area contributed by atoms with Gasteiger partial charge in [-0.1, -0.05) is 19.9 Å². The summed E-state index contributed by atoms with van der Waals surface area (Å²) in [7, 11) is -1.54. The molecule has 0 fully saturated rings. The topological polar surface area (TPSA) is 29.5 Å². The lowest BCUT2D eigenvalue weighted by atomic mass is 10.0. The van der Waals surface area contributed by atoms with Crippen LogP contribution in [0.4, 0.5) is 0 Å². The normalized spacial score (nSPS) is 17.8. The van der Waals surface area contributed by atoms with Gasteiger partial charge in [0.25, 0.3) is 0 Å². The van der Waals surface area contributed by atoms with Crippen LogP contribution in [0.2, 0.25) is 19.6 Å².